The Kier molecular flexibility index (Phi) is 16.0. The van der Waals surface area contributed by atoms with Crippen molar-refractivity contribution in [3.63, 3.8) is 0 Å². The Labute approximate surface area is 192 Å². The van der Waals surface area contributed by atoms with Gasteiger partial charge in [-0.25, -0.2) is 0 Å². The smallest absolute Gasteiger partial charge is 0.0210 e. The summed E-state index contributed by atoms with van der Waals surface area (Å²) in [5, 5.41) is 0. The zero-order chi connectivity index (χ0) is 22.6. The van der Waals surface area contributed by atoms with Crippen molar-refractivity contribution in [1.82, 2.24) is 4.90 Å². The normalized spacial score (nSPS) is 13.1. The minimum absolute atomic E-state index is 0.877. The molecule has 0 unspecified atom stereocenters. The van der Waals surface area contributed by atoms with Gasteiger partial charge in [-0.3, -0.25) is 0 Å². The molecule has 4 nitrogen and oxygen atoms in total. The molecule has 0 spiro atoms. The van der Waals surface area contributed by atoms with Gasteiger partial charge in [-0.05, 0) is 19.6 Å². The van der Waals surface area contributed by atoms with Crippen molar-refractivity contribution in [2.45, 2.75) is 78.6 Å². The molecule has 0 aliphatic rings. The molecular formula is C19H48MoN4Si4-3. The molecule has 0 aliphatic carbocycles. The first kappa shape index (κ1) is 31.4. The van der Waals surface area contributed by atoms with E-state index in [-0.39, 0.29) is 0 Å². The summed E-state index contributed by atoms with van der Waals surface area (Å²) >= 11 is 1.96. The van der Waals surface area contributed by atoms with Crippen LogP contribution in [0.3, 0.4) is 0 Å². The van der Waals surface area contributed by atoms with Crippen LogP contribution >= 0.6 is 0 Å². The fourth-order valence-corrected chi connectivity index (χ4v) is 4.23. The molecule has 0 N–H and O–H groups in total. The average Bonchev–Trinajstić information content (AvgIpc) is 2.42. The van der Waals surface area contributed by atoms with Crippen LogP contribution in [-0.4, -0.2) is 76.9 Å². The molecule has 0 fully saturated rings. The van der Waals surface area contributed by atoms with E-state index in [0.29, 0.717) is 0 Å². The fraction of sp³-hybridized carbons (Fsp3) is 0.947. The van der Waals surface area contributed by atoms with Crippen molar-refractivity contribution in [2.75, 3.05) is 39.3 Å². The predicted molar refractivity (Wildman–Crippen MR) is 138 cm³/mol. The first-order valence-electron chi connectivity index (χ1n) is 10.5. The molecule has 9 heteroatoms. The summed E-state index contributed by atoms with van der Waals surface area (Å²) < 4.78 is 3.25. The average molecular weight is 541 g/mol. The topological polar surface area (TPSA) is 45.5 Å². The standard InChI is InChI=1S/C15H39N4Si3.C4H9Si.Mo/c1-20(2,3)16-10-13-19(14-11-17-21(4,5)6)15-12-18-22(7,8)9;1-5(2,3)4;/h10-15H2,1-9H3;1-3H3;/q-3;;. The van der Waals surface area contributed by atoms with Gasteiger partial charge >= 0.3 is 50.7 Å². The van der Waals surface area contributed by atoms with Crippen LogP contribution in [0.2, 0.25) is 78.6 Å². The van der Waals surface area contributed by atoms with Gasteiger partial charge in [0.2, 0.25) is 0 Å². The van der Waals surface area contributed by atoms with Gasteiger partial charge in [-0.1, -0.05) is 83.6 Å². The molecular weight excluding hydrogens is 493 g/mol. The minimum Gasteiger partial charge on any atom is -0.664 e. The van der Waals surface area contributed by atoms with Crippen molar-refractivity contribution in [2.24, 2.45) is 0 Å². The summed E-state index contributed by atoms with van der Waals surface area (Å²) in [4.78, 5) is 17.1. The van der Waals surface area contributed by atoms with Crippen molar-refractivity contribution in [1.29, 1.82) is 0 Å². The molecule has 0 aromatic carbocycles. The maximum absolute atomic E-state index is 4.86. The number of nitrogens with zero attached hydrogens (tertiary/aromatic N) is 4. The van der Waals surface area contributed by atoms with Gasteiger partial charge in [-0.2, -0.15) is 0 Å². The third-order valence-corrected chi connectivity index (χ3v) is 12.0. The van der Waals surface area contributed by atoms with E-state index < -0.39 is 32.8 Å². The molecule has 0 amide bonds. The van der Waals surface area contributed by atoms with E-state index in [1.54, 1.807) is 0 Å². The van der Waals surface area contributed by atoms with Crippen LogP contribution in [-0.2, 0) is 19.2 Å². The molecule has 0 radical (unpaired) electrons. The third kappa shape index (κ3) is 29.4. The van der Waals surface area contributed by atoms with E-state index in [2.05, 4.69) is 87.3 Å². The second kappa shape index (κ2) is 14.3. The van der Waals surface area contributed by atoms with Gasteiger partial charge in [0.25, 0.3) is 0 Å². The molecule has 0 aliphatic heterocycles. The van der Waals surface area contributed by atoms with Gasteiger partial charge < -0.3 is 19.8 Å². The van der Waals surface area contributed by atoms with Crippen molar-refractivity contribution in [3.8, 4) is 3.83 Å². The van der Waals surface area contributed by atoms with E-state index in [4.69, 9.17) is 14.9 Å². The van der Waals surface area contributed by atoms with E-state index in [0.717, 1.165) is 39.3 Å². The summed E-state index contributed by atoms with van der Waals surface area (Å²) in [6, 6.07) is 0. The second-order valence-corrected chi connectivity index (χ2v) is 31.5. The molecule has 0 heterocycles. The van der Waals surface area contributed by atoms with Gasteiger partial charge in [0.15, 0.2) is 0 Å². The summed E-state index contributed by atoms with van der Waals surface area (Å²) in [5.74, 6) is 0. The second-order valence-electron chi connectivity index (χ2n) is 11.4. The van der Waals surface area contributed by atoms with Crippen molar-refractivity contribution < 1.29 is 19.2 Å². The summed E-state index contributed by atoms with van der Waals surface area (Å²) in [5.41, 5.74) is 0. The first-order chi connectivity index (χ1) is 12.3. The van der Waals surface area contributed by atoms with Crippen LogP contribution in [0.4, 0.5) is 0 Å². The van der Waals surface area contributed by atoms with E-state index in [9.17, 15) is 0 Å². The Balaban J connectivity index is 0. The Morgan fingerprint density at radius 2 is 0.786 bits per heavy atom. The molecule has 0 aromatic rings. The number of rotatable bonds is 12. The maximum atomic E-state index is 4.86. The van der Waals surface area contributed by atoms with E-state index in [1.807, 2.05) is 19.2 Å². The third-order valence-electron chi connectivity index (χ3n) is 3.31. The Morgan fingerprint density at radius 3 is 0.929 bits per heavy atom. The summed E-state index contributed by atoms with van der Waals surface area (Å²) in [7, 11) is -4.72. The molecule has 169 valence electrons. The maximum Gasteiger partial charge on any atom is -0.0210 e. The molecule has 0 aromatic heterocycles. The molecule has 0 saturated carbocycles. The monoisotopic (exact) mass is 542 g/mol. The molecule has 0 bridgehead atoms. The van der Waals surface area contributed by atoms with Crippen LogP contribution in [0.25, 0.3) is 14.9 Å². The summed E-state index contributed by atoms with van der Waals surface area (Å²) in [6.45, 7) is 33.6. The van der Waals surface area contributed by atoms with Gasteiger partial charge in [0.1, 0.15) is 0 Å². The van der Waals surface area contributed by atoms with Crippen molar-refractivity contribution >= 4 is 32.8 Å². The summed E-state index contributed by atoms with van der Waals surface area (Å²) in [6.07, 6.45) is 0. The Morgan fingerprint density at radius 1 is 0.571 bits per heavy atom. The largest absolute Gasteiger partial charge is 0.664 e. The van der Waals surface area contributed by atoms with Crippen LogP contribution in [0.1, 0.15) is 0 Å². The SMILES string of the molecule is C[Si](C)(C)[C]#[Mo].C[Si](C)(C)[N-]CCN(CC[N-][Si](C)(C)C)CC[N-][Si](C)(C)C. The van der Waals surface area contributed by atoms with Crippen LogP contribution in [0.5, 0.6) is 0 Å². The molecule has 28 heavy (non-hydrogen) atoms. The van der Waals surface area contributed by atoms with Gasteiger partial charge in [0.05, 0.1) is 0 Å². The molecule has 0 rings (SSSR count). The molecule has 0 saturated heterocycles. The van der Waals surface area contributed by atoms with Gasteiger partial charge in [0, 0.05) is 0 Å². The van der Waals surface area contributed by atoms with Crippen molar-refractivity contribution in [3.05, 3.63) is 14.9 Å². The van der Waals surface area contributed by atoms with E-state index in [1.165, 1.54) is 0 Å². The minimum atomic E-state index is -1.28. The Hall–Kier alpha value is 1.18. The van der Waals surface area contributed by atoms with Crippen LogP contribution in [0.15, 0.2) is 0 Å². The fourth-order valence-electron chi connectivity index (χ4n) is 1.92. The zero-order valence-electron chi connectivity index (χ0n) is 20.9. The van der Waals surface area contributed by atoms with Gasteiger partial charge in [-0.15, -0.1) is 19.6 Å². The molecule has 0 atom stereocenters. The van der Waals surface area contributed by atoms with Crippen LogP contribution in [0, 0.1) is 3.83 Å². The predicted octanol–water partition coefficient (Wildman–Crippen LogP) is 6.28. The van der Waals surface area contributed by atoms with Crippen LogP contribution < -0.4 is 0 Å². The van der Waals surface area contributed by atoms with E-state index >= 15 is 0 Å². The number of hydrogen-bond donors (Lipinski definition) is 0. The zero-order valence-corrected chi connectivity index (χ0v) is 26.9. The Bertz CT molecular complexity index is 396. The quantitative estimate of drug-likeness (QED) is 0.269. The first-order valence-corrected chi connectivity index (χ1v) is 25.4. The number of hydrogen-bond acceptors (Lipinski definition) is 1.